The van der Waals surface area contributed by atoms with Crippen LogP contribution in [0.15, 0.2) is 28.3 Å². The molecule has 10 heteroatoms. The van der Waals surface area contributed by atoms with Gasteiger partial charge in [0.15, 0.2) is 0 Å². The number of aromatic nitrogens is 1. The molecule has 1 aliphatic heterocycles. The van der Waals surface area contributed by atoms with E-state index >= 15 is 0 Å². The topological polar surface area (TPSA) is 104 Å². The van der Waals surface area contributed by atoms with E-state index in [1.54, 1.807) is 20.2 Å². The molecule has 158 valence electrons. The van der Waals surface area contributed by atoms with Gasteiger partial charge in [-0.05, 0) is 18.6 Å². The summed E-state index contributed by atoms with van der Waals surface area (Å²) >= 11 is 7.87. The van der Waals surface area contributed by atoms with Crippen molar-refractivity contribution in [1.82, 2.24) is 14.8 Å². The Kier molecular flexibility index (Phi) is 7.17. The minimum Gasteiger partial charge on any atom is -0.345 e. The molecule has 0 aliphatic carbocycles. The summed E-state index contributed by atoms with van der Waals surface area (Å²) in [6.45, 7) is 1.55. The molecule has 8 nitrogen and oxygen atoms in total. The Morgan fingerprint density at radius 3 is 2.90 bits per heavy atom. The molecule has 3 rings (SSSR count). The van der Waals surface area contributed by atoms with Gasteiger partial charge < -0.3 is 15.6 Å². The first kappa shape index (κ1) is 21.9. The lowest BCUT2D eigenvalue weighted by molar-refractivity contribution is -0.130. The number of amides is 2. The number of hydrogen-bond acceptors (Lipinski definition) is 7. The Bertz CT molecular complexity index is 1040. The van der Waals surface area contributed by atoms with Crippen LogP contribution < -0.4 is 5.84 Å². The number of hydrogen-bond donors (Lipinski definition) is 1. The van der Waals surface area contributed by atoms with E-state index in [1.165, 1.54) is 28.7 Å². The highest BCUT2D eigenvalue weighted by atomic mass is 35.5. The lowest BCUT2D eigenvalue weighted by Crippen LogP contribution is -2.35. The van der Waals surface area contributed by atoms with E-state index in [0.29, 0.717) is 42.2 Å². The summed E-state index contributed by atoms with van der Waals surface area (Å²) in [5, 5.41) is 4.58. The molecule has 0 radical (unpaired) electrons. The highest BCUT2D eigenvalue weighted by molar-refractivity contribution is 7.19. The van der Waals surface area contributed by atoms with Crippen LogP contribution in [-0.2, 0) is 4.79 Å². The lowest BCUT2D eigenvalue weighted by atomic mass is 10.1. The zero-order chi connectivity index (χ0) is 21.7. The second-order valence-corrected chi connectivity index (χ2v) is 8.40. The van der Waals surface area contributed by atoms with Crippen molar-refractivity contribution in [3.63, 3.8) is 0 Å². The monoisotopic (exact) mass is 446 g/mol. The van der Waals surface area contributed by atoms with Crippen LogP contribution in [0, 0.1) is 0 Å². The van der Waals surface area contributed by atoms with Gasteiger partial charge in [-0.1, -0.05) is 17.7 Å². The predicted octanol–water partition coefficient (Wildman–Crippen LogP) is 2.67. The van der Waals surface area contributed by atoms with Crippen molar-refractivity contribution >= 4 is 63.0 Å². The van der Waals surface area contributed by atoms with E-state index in [0.717, 1.165) is 21.7 Å². The standard InChI is InChI=1S/C20H23ClN6O2S/c1-26(2)20(29)14-10-15(21)18-16(11-14)30-19(25-18)13-4-3-9-27(12-13)17(28)5-6-23-7-8-24-22/h4,7-8,10-11H,3,5-6,9,12,22H2,1-2H3/b23-7?,24-8-. The lowest BCUT2D eigenvalue weighted by Gasteiger charge is -2.26. The molecule has 2 heterocycles. The van der Waals surface area contributed by atoms with Crippen LogP contribution in [0.5, 0.6) is 0 Å². The van der Waals surface area contributed by atoms with Crippen molar-refractivity contribution in [2.24, 2.45) is 15.9 Å². The zero-order valence-electron chi connectivity index (χ0n) is 16.8. The fourth-order valence-corrected chi connectivity index (χ4v) is 4.48. The van der Waals surface area contributed by atoms with E-state index < -0.39 is 0 Å². The van der Waals surface area contributed by atoms with Gasteiger partial charge >= 0.3 is 0 Å². The summed E-state index contributed by atoms with van der Waals surface area (Å²) < 4.78 is 0.850. The third-order valence-electron chi connectivity index (χ3n) is 4.59. The summed E-state index contributed by atoms with van der Waals surface area (Å²) in [4.78, 5) is 36.9. The number of fused-ring (bicyclic) bond motifs is 1. The van der Waals surface area contributed by atoms with Crippen LogP contribution in [0.1, 0.15) is 28.2 Å². The zero-order valence-corrected chi connectivity index (χ0v) is 18.4. The third-order valence-corrected chi connectivity index (χ3v) is 5.96. The molecule has 0 unspecified atom stereocenters. The second kappa shape index (κ2) is 9.82. The Labute approximate surface area is 183 Å². The van der Waals surface area contributed by atoms with Crippen molar-refractivity contribution in [1.29, 1.82) is 0 Å². The number of rotatable bonds is 6. The highest BCUT2D eigenvalue weighted by Gasteiger charge is 2.22. The van der Waals surface area contributed by atoms with Crippen LogP contribution in [0.25, 0.3) is 15.8 Å². The van der Waals surface area contributed by atoms with Crippen LogP contribution in [0.2, 0.25) is 5.02 Å². The van der Waals surface area contributed by atoms with Crippen molar-refractivity contribution in [3.05, 3.63) is 33.8 Å². The first-order valence-electron chi connectivity index (χ1n) is 9.41. The molecule has 1 aliphatic rings. The molecule has 1 aromatic carbocycles. The summed E-state index contributed by atoms with van der Waals surface area (Å²) in [6.07, 6.45) is 6.05. The molecule has 2 N–H and O–H groups in total. The first-order chi connectivity index (χ1) is 14.4. The molecule has 0 bridgehead atoms. The van der Waals surface area contributed by atoms with E-state index in [4.69, 9.17) is 17.4 Å². The minimum absolute atomic E-state index is 0.0421. The molecule has 2 aromatic rings. The average molecular weight is 447 g/mol. The maximum absolute atomic E-state index is 12.5. The Morgan fingerprint density at radius 2 is 2.17 bits per heavy atom. The highest BCUT2D eigenvalue weighted by Crippen LogP contribution is 2.34. The van der Waals surface area contributed by atoms with Gasteiger partial charge in [-0.2, -0.15) is 5.10 Å². The van der Waals surface area contributed by atoms with E-state index in [2.05, 4.69) is 21.2 Å². The van der Waals surface area contributed by atoms with Gasteiger partial charge in [0.2, 0.25) is 5.91 Å². The number of nitrogens with two attached hydrogens (primary N) is 1. The molecule has 1 aromatic heterocycles. The van der Waals surface area contributed by atoms with Gasteiger partial charge in [0.05, 0.1) is 15.9 Å². The molecular weight excluding hydrogens is 424 g/mol. The second-order valence-electron chi connectivity index (χ2n) is 6.96. The van der Waals surface area contributed by atoms with Crippen LogP contribution in [0.4, 0.5) is 0 Å². The minimum atomic E-state index is -0.109. The molecule has 0 saturated heterocycles. The summed E-state index contributed by atoms with van der Waals surface area (Å²) in [7, 11) is 3.40. The number of hydrazone groups is 1. The molecule has 0 fully saturated rings. The fraction of sp³-hybridized carbons (Fsp3) is 0.350. The molecule has 2 amide bonds. The fourth-order valence-electron chi connectivity index (χ4n) is 3.10. The van der Waals surface area contributed by atoms with Crippen molar-refractivity contribution in [3.8, 4) is 0 Å². The average Bonchev–Trinajstić information content (AvgIpc) is 3.18. The van der Waals surface area contributed by atoms with Gasteiger partial charge in [0, 0.05) is 57.5 Å². The number of halogens is 1. The number of carbonyl (C=O) groups is 2. The molecule has 0 spiro atoms. The van der Waals surface area contributed by atoms with Gasteiger partial charge in [-0.3, -0.25) is 14.6 Å². The van der Waals surface area contributed by atoms with Crippen LogP contribution >= 0.6 is 22.9 Å². The molecular formula is C20H23ClN6O2S. The van der Waals surface area contributed by atoms with Crippen LogP contribution in [-0.4, -0.2) is 72.8 Å². The largest absolute Gasteiger partial charge is 0.345 e. The Morgan fingerprint density at radius 1 is 1.37 bits per heavy atom. The quantitative estimate of drug-likeness (QED) is 0.418. The van der Waals surface area contributed by atoms with Gasteiger partial charge in [-0.15, -0.1) is 11.3 Å². The van der Waals surface area contributed by atoms with E-state index in [1.807, 2.05) is 11.0 Å². The SMILES string of the molecule is CN(C)C(=O)c1cc(Cl)c2nc(C3=CCCN(C(=O)CCN=C/C=N\N)C3)sc2c1. The molecule has 0 atom stereocenters. The number of nitrogens with zero attached hydrogens (tertiary/aromatic N) is 5. The number of benzene rings is 1. The van der Waals surface area contributed by atoms with Gasteiger partial charge in [-0.25, -0.2) is 4.98 Å². The Balaban J connectivity index is 1.75. The Hall–Kier alpha value is -2.78. The number of aliphatic imine (C=N–C) groups is 1. The normalized spacial score (nSPS) is 14.6. The van der Waals surface area contributed by atoms with Crippen LogP contribution in [0.3, 0.4) is 0 Å². The number of carbonyl (C=O) groups excluding carboxylic acids is 2. The van der Waals surface area contributed by atoms with E-state index in [9.17, 15) is 9.59 Å². The summed E-state index contributed by atoms with van der Waals surface area (Å²) in [6, 6.07) is 3.47. The predicted molar refractivity (Wildman–Crippen MR) is 122 cm³/mol. The van der Waals surface area contributed by atoms with Crippen molar-refractivity contribution in [2.75, 3.05) is 33.7 Å². The summed E-state index contributed by atoms with van der Waals surface area (Å²) in [5.41, 5.74) is 2.20. The molecule has 30 heavy (non-hydrogen) atoms. The van der Waals surface area contributed by atoms with Crippen molar-refractivity contribution in [2.45, 2.75) is 12.8 Å². The van der Waals surface area contributed by atoms with Gasteiger partial charge in [0.25, 0.3) is 5.91 Å². The van der Waals surface area contributed by atoms with E-state index in [-0.39, 0.29) is 11.8 Å². The maximum Gasteiger partial charge on any atom is 0.253 e. The molecule has 0 saturated carbocycles. The summed E-state index contributed by atoms with van der Waals surface area (Å²) in [5.74, 6) is 4.93. The first-order valence-corrected chi connectivity index (χ1v) is 10.6. The maximum atomic E-state index is 12.5. The number of thiazole rings is 1. The third kappa shape index (κ3) is 5.03. The van der Waals surface area contributed by atoms with Gasteiger partial charge in [0.1, 0.15) is 10.5 Å². The smallest absolute Gasteiger partial charge is 0.253 e. The van der Waals surface area contributed by atoms with Crippen molar-refractivity contribution < 1.29 is 9.59 Å².